The zero-order chi connectivity index (χ0) is 15.3. The van der Waals surface area contributed by atoms with Crippen LogP contribution in [-0.2, 0) is 4.79 Å². The van der Waals surface area contributed by atoms with Crippen molar-refractivity contribution in [2.75, 3.05) is 12.2 Å². The third-order valence-electron chi connectivity index (χ3n) is 1.91. The fourth-order valence-electron chi connectivity index (χ4n) is 1.33. The van der Waals surface area contributed by atoms with Gasteiger partial charge in [-0.15, -0.1) is 0 Å². The molecule has 2 rings (SSSR count). The van der Waals surface area contributed by atoms with E-state index in [2.05, 4.69) is 5.10 Å². The van der Waals surface area contributed by atoms with E-state index in [0.29, 0.717) is 13.6 Å². The summed E-state index contributed by atoms with van der Waals surface area (Å²) < 4.78 is 41.5. The lowest BCUT2D eigenvalue weighted by Gasteiger charge is -2.10. The number of alkyl halides is 1. The van der Waals surface area contributed by atoms with Crippen molar-refractivity contribution in [2.24, 2.45) is 5.10 Å². The number of carbonyl (C=O) groups excluding carboxylic acids is 1. The van der Waals surface area contributed by atoms with Crippen LogP contribution in [0.15, 0.2) is 35.4 Å². The molecule has 0 fully saturated rings. The van der Waals surface area contributed by atoms with Crippen LogP contribution >= 0.6 is 0 Å². The molecule has 0 saturated carbocycles. The Hall–Kier alpha value is -1.99. The van der Waals surface area contributed by atoms with Crippen LogP contribution in [-0.4, -0.2) is 18.8 Å². The summed E-state index contributed by atoms with van der Waals surface area (Å²) in [6.45, 7) is 1.86. The van der Waals surface area contributed by atoms with E-state index in [9.17, 15) is 9.18 Å². The predicted molar refractivity (Wildman–Crippen MR) is 63.1 cm³/mol. The number of hydrazone groups is 1. The van der Waals surface area contributed by atoms with Crippen LogP contribution in [0.1, 0.15) is 13.3 Å². The molecule has 1 aromatic rings. The second-order valence-corrected chi connectivity index (χ2v) is 3.05. The highest BCUT2D eigenvalue weighted by molar-refractivity contribution is 6.12. The molecule has 8 heteroatoms. The van der Waals surface area contributed by atoms with Crippen molar-refractivity contribution in [3.8, 4) is 0 Å². The van der Waals surface area contributed by atoms with E-state index in [0.717, 1.165) is 11.4 Å². The van der Waals surface area contributed by atoms with Gasteiger partial charge in [0, 0.05) is 24.0 Å². The van der Waals surface area contributed by atoms with Crippen LogP contribution in [0.2, 0.25) is 0 Å². The monoisotopic (exact) mass is 284 g/mol. The second kappa shape index (κ2) is 12.5. The summed E-state index contributed by atoms with van der Waals surface area (Å²) in [6, 6.07) is 9.46. The third-order valence-corrected chi connectivity index (χ3v) is 1.91. The highest BCUT2D eigenvalue weighted by atomic mass is 20.0. The molecule has 1 aromatic carbocycles. The normalized spacial score (nSPS) is 12.1. The third kappa shape index (κ3) is 6.49. The smallest absolute Gasteiger partial charge is 0.253 e. The number of anilines is 1. The minimum atomic E-state index is 0.0451. The van der Waals surface area contributed by atoms with Crippen LogP contribution < -0.4 is 5.01 Å². The van der Waals surface area contributed by atoms with E-state index in [1.165, 1.54) is 5.01 Å². The maximum Gasteiger partial charge on any atom is 0.253 e. The molecule has 0 aromatic heterocycles. The van der Waals surface area contributed by atoms with E-state index >= 15 is 0 Å². The van der Waals surface area contributed by atoms with Gasteiger partial charge in [0.05, 0.1) is 19.3 Å². The first-order valence-corrected chi connectivity index (χ1v) is 4.86. The average molecular weight is 284 g/mol. The van der Waals surface area contributed by atoms with Gasteiger partial charge in [-0.25, -0.2) is 5.01 Å². The van der Waals surface area contributed by atoms with Gasteiger partial charge in [-0.1, -0.05) is 18.2 Å². The molecule has 108 valence electrons. The number of hydrogen-bond donors (Lipinski definition) is 0. The number of carbonyl (C=O) groups is 1. The quantitative estimate of drug-likeness (QED) is 0.716. The zero-order valence-corrected chi connectivity index (χ0v) is 10.3. The summed E-state index contributed by atoms with van der Waals surface area (Å²) >= 11 is 0. The molecule has 0 spiro atoms. The lowest BCUT2D eigenvalue weighted by molar-refractivity contribution is -0.116. The SMILES string of the molecule is CC1=NN(c2ccccc2)C(=O)C1.CF.FF.FF. The van der Waals surface area contributed by atoms with Crippen molar-refractivity contribution >= 4 is 17.3 Å². The lowest BCUT2D eigenvalue weighted by Crippen LogP contribution is -2.19. The van der Waals surface area contributed by atoms with Crippen molar-refractivity contribution in [3.05, 3.63) is 30.3 Å². The first kappa shape index (κ1) is 19.4. The van der Waals surface area contributed by atoms with Gasteiger partial charge < -0.3 is 0 Å². The Balaban J connectivity index is 0. The van der Waals surface area contributed by atoms with Crippen molar-refractivity contribution in [1.29, 1.82) is 0 Å². The number of benzene rings is 1. The van der Waals surface area contributed by atoms with E-state index < -0.39 is 0 Å². The maximum absolute atomic E-state index is 11.4. The van der Waals surface area contributed by atoms with Gasteiger partial charge in [-0.3, -0.25) is 9.18 Å². The zero-order valence-electron chi connectivity index (χ0n) is 10.3. The number of halogens is 5. The van der Waals surface area contributed by atoms with Gasteiger partial charge in [0.25, 0.3) is 5.91 Å². The molecule has 0 saturated heterocycles. The first-order valence-electron chi connectivity index (χ1n) is 4.86. The van der Waals surface area contributed by atoms with Crippen molar-refractivity contribution in [2.45, 2.75) is 13.3 Å². The Morgan fingerprint density at radius 3 is 1.89 bits per heavy atom. The standard InChI is InChI=1S/C10H10N2O.CH3F.2F2/c1-8-7-10(13)12(11-8)9-5-3-2-4-6-9;3*1-2/h2-6H,7H2,1H3;1H3;;. The molecule has 0 atom stereocenters. The number of para-hydroxylation sites is 1. The minimum absolute atomic E-state index is 0.0451. The van der Waals surface area contributed by atoms with Gasteiger partial charge >= 0.3 is 0 Å². The Morgan fingerprint density at radius 2 is 1.53 bits per heavy atom. The van der Waals surface area contributed by atoms with Gasteiger partial charge in [-0.05, 0) is 19.1 Å². The molecule has 0 unspecified atom stereocenters. The van der Waals surface area contributed by atoms with Gasteiger partial charge in [0.15, 0.2) is 0 Å². The van der Waals surface area contributed by atoms with E-state index in [4.69, 9.17) is 18.3 Å². The van der Waals surface area contributed by atoms with Crippen molar-refractivity contribution in [1.82, 2.24) is 0 Å². The van der Waals surface area contributed by atoms with Crippen LogP contribution in [0.25, 0.3) is 0 Å². The second-order valence-electron chi connectivity index (χ2n) is 3.05. The van der Waals surface area contributed by atoms with Gasteiger partial charge in [-0.2, -0.15) is 5.10 Å². The maximum atomic E-state index is 11.4. The molecule has 0 N–H and O–H groups in total. The fourth-order valence-corrected chi connectivity index (χ4v) is 1.33. The lowest BCUT2D eigenvalue weighted by atomic mass is 10.3. The molecule has 1 aliphatic rings. The van der Waals surface area contributed by atoms with E-state index in [1.807, 2.05) is 37.3 Å². The first-order chi connectivity index (χ1) is 9.27. The number of hydrogen-bond acceptors (Lipinski definition) is 2. The molecular weight excluding hydrogens is 271 g/mol. The Bertz CT molecular complexity index is 373. The highest BCUT2D eigenvalue weighted by Crippen LogP contribution is 2.19. The van der Waals surface area contributed by atoms with E-state index in [1.54, 1.807) is 0 Å². The summed E-state index contributed by atoms with van der Waals surface area (Å²) in [5, 5.41) is 5.59. The Kier molecular flexibility index (Phi) is 12.7. The van der Waals surface area contributed by atoms with E-state index in [-0.39, 0.29) is 5.91 Å². The Labute approximate surface area is 107 Å². The highest BCUT2D eigenvalue weighted by Gasteiger charge is 2.21. The van der Waals surface area contributed by atoms with Crippen LogP contribution in [0.3, 0.4) is 0 Å². The molecular formula is C11H13F5N2O. The molecule has 3 nitrogen and oxygen atoms in total. The molecule has 1 aliphatic heterocycles. The van der Waals surface area contributed by atoms with Gasteiger partial charge in [0.2, 0.25) is 0 Å². The van der Waals surface area contributed by atoms with Crippen LogP contribution in [0, 0.1) is 0 Å². The predicted octanol–water partition coefficient (Wildman–Crippen LogP) is 4.07. The van der Waals surface area contributed by atoms with Crippen molar-refractivity contribution < 1.29 is 27.5 Å². The summed E-state index contributed by atoms with van der Waals surface area (Å²) in [5.41, 5.74) is 1.71. The molecule has 0 bridgehead atoms. The fraction of sp³-hybridized carbons (Fsp3) is 0.273. The molecule has 1 amide bonds. The summed E-state index contributed by atoms with van der Waals surface area (Å²) in [4.78, 5) is 11.4. The molecule has 0 radical (unpaired) electrons. The average Bonchev–Trinajstić information content (AvgIpc) is 2.85. The largest absolute Gasteiger partial charge is 0.272 e. The molecule has 0 aliphatic carbocycles. The van der Waals surface area contributed by atoms with Gasteiger partial charge in [0.1, 0.15) is 0 Å². The summed E-state index contributed by atoms with van der Waals surface area (Å²) in [5.74, 6) is 0.0451. The number of nitrogens with zero attached hydrogens (tertiary/aromatic N) is 2. The summed E-state index contributed by atoms with van der Waals surface area (Å²) in [6.07, 6.45) is 0.439. The van der Waals surface area contributed by atoms with Crippen LogP contribution in [0.5, 0.6) is 0 Å². The molecule has 19 heavy (non-hydrogen) atoms. The Morgan fingerprint density at radius 1 is 1.05 bits per heavy atom. The number of rotatable bonds is 1. The topological polar surface area (TPSA) is 32.7 Å². The van der Waals surface area contributed by atoms with Crippen molar-refractivity contribution in [3.63, 3.8) is 0 Å². The summed E-state index contributed by atoms with van der Waals surface area (Å²) in [7, 11) is 0.500. The minimum Gasteiger partial charge on any atom is -0.272 e. The number of amides is 1. The molecule has 1 heterocycles. The van der Waals surface area contributed by atoms with Crippen LogP contribution in [0.4, 0.5) is 28.4 Å².